The molecular formula is C27H46O6. The predicted molar refractivity (Wildman–Crippen MR) is 125 cm³/mol. The minimum atomic E-state index is -0.864. The average Bonchev–Trinajstić information content (AvgIpc) is 3.05. The molecule has 0 aromatic carbocycles. The summed E-state index contributed by atoms with van der Waals surface area (Å²) in [7, 11) is 0. The Morgan fingerprint density at radius 1 is 1.00 bits per heavy atom. The highest BCUT2D eigenvalue weighted by Gasteiger charge is 2.63. The lowest BCUT2D eigenvalue weighted by molar-refractivity contribution is -0.162. The van der Waals surface area contributed by atoms with E-state index in [1.165, 1.54) is 0 Å². The number of hydrogen-bond acceptors (Lipinski definition) is 6. The molecule has 4 aliphatic rings. The summed E-state index contributed by atoms with van der Waals surface area (Å²) < 4.78 is 5.85. The maximum Gasteiger partial charge on any atom is 0.309 e. The third-order valence-electron chi connectivity index (χ3n) is 10.7. The van der Waals surface area contributed by atoms with E-state index in [1.807, 2.05) is 0 Å². The van der Waals surface area contributed by atoms with Crippen molar-refractivity contribution in [1.82, 2.24) is 0 Å². The molecule has 0 aromatic rings. The highest BCUT2D eigenvalue weighted by atomic mass is 16.5. The highest BCUT2D eigenvalue weighted by Crippen LogP contribution is 2.66. The van der Waals surface area contributed by atoms with Crippen molar-refractivity contribution in [3.63, 3.8) is 0 Å². The molecule has 4 fully saturated rings. The molecule has 1 aliphatic heterocycles. The van der Waals surface area contributed by atoms with Gasteiger partial charge in [-0.25, -0.2) is 0 Å². The first-order chi connectivity index (χ1) is 15.4. The molecule has 6 heteroatoms. The topological polar surface area (TPSA) is 107 Å². The largest absolute Gasteiger partial charge is 0.465 e. The summed E-state index contributed by atoms with van der Waals surface area (Å²) in [5.41, 5.74) is -0.330. The molecule has 1 unspecified atom stereocenters. The van der Waals surface area contributed by atoms with Crippen molar-refractivity contribution in [2.24, 2.45) is 52.3 Å². The summed E-state index contributed by atoms with van der Waals surface area (Å²) in [5, 5.41) is 42.4. The first-order valence-corrected chi connectivity index (χ1v) is 13.3. The fourth-order valence-corrected chi connectivity index (χ4v) is 8.90. The maximum absolute atomic E-state index is 13.0. The number of carbonyl (C=O) groups excluding carboxylic acids is 1. The minimum absolute atomic E-state index is 0.00798. The lowest BCUT2D eigenvalue weighted by atomic mass is 9.48. The van der Waals surface area contributed by atoms with Gasteiger partial charge in [0.2, 0.25) is 0 Å². The van der Waals surface area contributed by atoms with E-state index in [4.69, 9.17) is 4.74 Å². The van der Waals surface area contributed by atoms with Crippen LogP contribution in [0.25, 0.3) is 0 Å². The van der Waals surface area contributed by atoms with Gasteiger partial charge in [-0.2, -0.15) is 0 Å². The zero-order valence-electron chi connectivity index (χ0n) is 21.1. The summed E-state index contributed by atoms with van der Waals surface area (Å²) in [5.74, 6) is 0.998. The van der Waals surface area contributed by atoms with Crippen molar-refractivity contribution in [1.29, 1.82) is 0 Å². The van der Waals surface area contributed by atoms with Crippen LogP contribution in [0.4, 0.5) is 0 Å². The summed E-state index contributed by atoms with van der Waals surface area (Å²) in [6.07, 6.45) is 2.30. The summed E-state index contributed by atoms with van der Waals surface area (Å²) >= 11 is 0. The first kappa shape index (κ1) is 25.4. The van der Waals surface area contributed by atoms with E-state index in [9.17, 15) is 25.2 Å². The molecule has 0 radical (unpaired) electrons. The van der Waals surface area contributed by atoms with Crippen molar-refractivity contribution in [3.05, 3.63) is 0 Å². The van der Waals surface area contributed by atoms with Crippen LogP contribution >= 0.6 is 0 Å². The zero-order chi connectivity index (χ0) is 24.3. The van der Waals surface area contributed by atoms with Gasteiger partial charge in [-0.15, -0.1) is 0 Å². The number of ether oxygens (including phenoxy) is 1. The Kier molecular flexibility index (Phi) is 6.98. The molecule has 12 atom stereocenters. The molecule has 0 amide bonds. The second-order valence-corrected chi connectivity index (χ2v) is 12.9. The van der Waals surface area contributed by atoms with Gasteiger partial charge in [-0.1, -0.05) is 34.6 Å². The van der Waals surface area contributed by atoms with E-state index in [0.717, 1.165) is 25.7 Å². The van der Waals surface area contributed by atoms with Gasteiger partial charge in [0, 0.05) is 0 Å². The van der Waals surface area contributed by atoms with E-state index in [2.05, 4.69) is 34.6 Å². The van der Waals surface area contributed by atoms with Crippen LogP contribution in [-0.2, 0) is 9.53 Å². The van der Waals surface area contributed by atoms with Crippen molar-refractivity contribution in [2.75, 3.05) is 6.61 Å². The Hall–Kier alpha value is -0.690. The number of rotatable bonds is 5. The Morgan fingerprint density at radius 2 is 1.67 bits per heavy atom. The van der Waals surface area contributed by atoms with E-state index in [1.54, 1.807) is 0 Å². The number of aliphatic hydroxyl groups is 4. The van der Waals surface area contributed by atoms with Crippen LogP contribution in [0.15, 0.2) is 0 Å². The van der Waals surface area contributed by atoms with Gasteiger partial charge in [0.15, 0.2) is 0 Å². The van der Waals surface area contributed by atoms with Crippen LogP contribution < -0.4 is 0 Å². The van der Waals surface area contributed by atoms with Crippen molar-refractivity contribution in [3.8, 4) is 0 Å². The summed E-state index contributed by atoms with van der Waals surface area (Å²) in [4.78, 5) is 13.0. The van der Waals surface area contributed by atoms with E-state index in [-0.39, 0.29) is 46.9 Å². The number of fused-ring (bicyclic) bond motifs is 5. The van der Waals surface area contributed by atoms with Gasteiger partial charge in [0.1, 0.15) is 0 Å². The van der Waals surface area contributed by atoms with Gasteiger partial charge in [0.05, 0.1) is 36.9 Å². The summed E-state index contributed by atoms with van der Waals surface area (Å²) in [6.45, 7) is 11.1. The molecule has 1 heterocycles. The Bertz CT molecular complexity index is 725. The van der Waals surface area contributed by atoms with Crippen molar-refractivity contribution in [2.45, 2.75) is 104 Å². The van der Waals surface area contributed by atoms with Gasteiger partial charge >= 0.3 is 5.97 Å². The van der Waals surface area contributed by atoms with Gasteiger partial charge in [0.25, 0.3) is 0 Å². The van der Waals surface area contributed by atoms with E-state index >= 15 is 0 Å². The van der Waals surface area contributed by atoms with Crippen molar-refractivity contribution >= 4 is 5.97 Å². The number of cyclic esters (lactones) is 1. The van der Waals surface area contributed by atoms with Crippen LogP contribution in [0.3, 0.4) is 0 Å². The zero-order valence-corrected chi connectivity index (χ0v) is 21.1. The van der Waals surface area contributed by atoms with Crippen LogP contribution in [0.2, 0.25) is 0 Å². The standard InChI is InChI=1S/C27H46O6/c1-14(2)10-22(29)24(31)15(3)17-6-7-18-16-13-33-25(32)20-11-21(28)23(30)12-27(20,5)19(16)8-9-26(17,18)4/h14-24,28-31H,6-13H2,1-5H3/t15?,16-,17+,18-,19-,20+,21-,22+,23+,24+,26+,27+/m0/s1. The molecular weight excluding hydrogens is 420 g/mol. The van der Waals surface area contributed by atoms with Crippen LogP contribution in [0.5, 0.6) is 0 Å². The summed E-state index contributed by atoms with van der Waals surface area (Å²) in [6, 6.07) is 0. The normalized spacial score (nSPS) is 48.2. The molecule has 3 saturated carbocycles. The van der Waals surface area contributed by atoms with Gasteiger partial charge in [-0.05, 0) is 91.3 Å². The minimum Gasteiger partial charge on any atom is -0.465 e. The Balaban J connectivity index is 1.57. The smallest absolute Gasteiger partial charge is 0.309 e. The van der Waals surface area contributed by atoms with Crippen LogP contribution in [0.1, 0.15) is 79.6 Å². The number of esters is 1. The van der Waals surface area contributed by atoms with Crippen LogP contribution in [-0.4, -0.2) is 57.4 Å². The van der Waals surface area contributed by atoms with Gasteiger partial charge < -0.3 is 25.2 Å². The molecule has 4 rings (SSSR count). The average molecular weight is 467 g/mol. The molecule has 190 valence electrons. The fourth-order valence-electron chi connectivity index (χ4n) is 8.90. The van der Waals surface area contributed by atoms with Crippen molar-refractivity contribution < 1.29 is 30.0 Å². The fraction of sp³-hybridized carbons (Fsp3) is 0.963. The second kappa shape index (κ2) is 9.07. The van der Waals surface area contributed by atoms with E-state index < -0.39 is 24.4 Å². The quantitative estimate of drug-likeness (QED) is 0.464. The lowest BCUT2D eigenvalue weighted by Crippen LogP contribution is -2.55. The molecule has 3 aliphatic carbocycles. The molecule has 0 aromatic heterocycles. The molecule has 6 nitrogen and oxygen atoms in total. The molecule has 33 heavy (non-hydrogen) atoms. The third-order valence-corrected chi connectivity index (χ3v) is 10.7. The molecule has 0 bridgehead atoms. The van der Waals surface area contributed by atoms with Crippen LogP contribution in [0, 0.1) is 52.3 Å². The lowest BCUT2D eigenvalue weighted by Gasteiger charge is -2.56. The number of carbonyl (C=O) groups is 1. The Morgan fingerprint density at radius 3 is 2.33 bits per heavy atom. The SMILES string of the molecule is CC(C)C[C@@H](O)[C@H](O)C(C)[C@H]1CC[C@H]2[C@@H]3COC(=O)[C@H]4C[C@H](O)[C@H](O)C[C@]4(C)[C@H]3CC[C@]12C. The molecule has 4 N–H and O–H groups in total. The number of hydrogen-bond donors (Lipinski definition) is 4. The molecule has 0 spiro atoms. The maximum atomic E-state index is 13.0. The third kappa shape index (κ3) is 4.17. The monoisotopic (exact) mass is 466 g/mol. The second-order valence-electron chi connectivity index (χ2n) is 12.9. The predicted octanol–water partition coefficient (Wildman–Crippen LogP) is 3.14. The van der Waals surface area contributed by atoms with E-state index in [0.29, 0.717) is 37.2 Å². The number of aliphatic hydroxyl groups excluding tert-OH is 4. The van der Waals surface area contributed by atoms with Gasteiger partial charge in [-0.3, -0.25) is 4.79 Å². The Labute approximate surface area is 199 Å². The highest BCUT2D eigenvalue weighted by molar-refractivity contribution is 5.74. The molecule has 1 saturated heterocycles. The first-order valence-electron chi connectivity index (χ1n) is 13.3.